The zero-order valence-corrected chi connectivity index (χ0v) is 11.1. The van der Waals surface area contributed by atoms with Crippen LogP contribution >= 0.6 is 15.9 Å². The molecule has 0 fully saturated rings. The van der Waals surface area contributed by atoms with Gasteiger partial charge in [-0.2, -0.15) is 0 Å². The fraction of sp³-hybridized carbons (Fsp3) is 0.0909. The first-order valence-corrected chi connectivity index (χ1v) is 5.88. The number of carboxylic acids is 1. The van der Waals surface area contributed by atoms with E-state index in [0.717, 1.165) is 23.2 Å². The van der Waals surface area contributed by atoms with Gasteiger partial charge in [0.25, 0.3) is 0 Å². The van der Waals surface area contributed by atoms with Gasteiger partial charge in [-0.1, -0.05) is 15.9 Å². The van der Waals surface area contributed by atoms with Crippen molar-refractivity contribution < 1.29 is 27.8 Å². The van der Waals surface area contributed by atoms with E-state index in [-0.39, 0.29) is 11.4 Å². The van der Waals surface area contributed by atoms with Crippen molar-refractivity contribution in [1.82, 2.24) is 9.55 Å². The van der Waals surface area contributed by atoms with Gasteiger partial charge in [-0.25, -0.2) is 9.78 Å². The van der Waals surface area contributed by atoms with Crippen LogP contribution in [0.2, 0.25) is 0 Å². The standard InChI is InChI=1S/C11H6BrF3N2O3/c12-6-1-2-8(9(3-6)20-11(13,14)15)17-4-7(10(18)19)16-5-17/h1-5H,(H,18,19). The predicted octanol–water partition coefficient (Wildman–Crippen LogP) is 3.23. The number of halogens is 4. The van der Waals surface area contributed by atoms with Gasteiger partial charge in [-0.15, -0.1) is 13.2 Å². The largest absolute Gasteiger partial charge is 0.573 e. The molecule has 2 aromatic rings. The highest BCUT2D eigenvalue weighted by atomic mass is 79.9. The average molecular weight is 351 g/mol. The Labute approximate surface area is 118 Å². The van der Waals surface area contributed by atoms with E-state index in [1.807, 2.05) is 0 Å². The summed E-state index contributed by atoms with van der Waals surface area (Å²) in [5.41, 5.74) is -0.267. The number of aromatic nitrogens is 2. The number of hydrogen-bond donors (Lipinski definition) is 1. The fourth-order valence-electron chi connectivity index (χ4n) is 1.47. The zero-order chi connectivity index (χ0) is 14.9. The zero-order valence-electron chi connectivity index (χ0n) is 9.56. The fourth-order valence-corrected chi connectivity index (χ4v) is 1.81. The monoisotopic (exact) mass is 350 g/mol. The summed E-state index contributed by atoms with van der Waals surface area (Å²) in [6.07, 6.45) is -2.67. The summed E-state index contributed by atoms with van der Waals surface area (Å²) >= 11 is 3.04. The minimum absolute atomic E-state index is 0.0190. The van der Waals surface area contributed by atoms with Gasteiger partial charge in [-0.3, -0.25) is 0 Å². The number of aromatic carboxylic acids is 1. The van der Waals surface area contributed by atoms with Gasteiger partial charge < -0.3 is 14.4 Å². The van der Waals surface area contributed by atoms with E-state index in [1.165, 1.54) is 12.1 Å². The van der Waals surface area contributed by atoms with E-state index in [2.05, 4.69) is 25.7 Å². The SMILES string of the molecule is O=C(O)c1cn(-c2ccc(Br)cc2OC(F)(F)F)cn1. The topological polar surface area (TPSA) is 64.3 Å². The summed E-state index contributed by atoms with van der Waals surface area (Å²) in [6.45, 7) is 0. The van der Waals surface area contributed by atoms with E-state index in [9.17, 15) is 18.0 Å². The molecular formula is C11H6BrF3N2O3. The predicted molar refractivity (Wildman–Crippen MR) is 64.9 cm³/mol. The number of hydrogen-bond acceptors (Lipinski definition) is 3. The van der Waals surface area contributed by atoms with E-state index >= 15 is 0 Å². The van der Waals surface area contributed by atoms with Crippen LogP contribution in [0, 0.1) is 0 Å². The highest BCUT2D eigenvalue weighted by Crippen LogP contribution is 2.31. The van der Waals surface area contributed by atoms with Gasteiger partial charge in [0.2, 0.25) is 0 Å². The maximum Gasteiger partial charge on any atom is 0.573 e. The van der Waals surface area contributed by atoms with Crippen molar-refractivity contribution in [2.24, 2.45) is 0 Å². The van der Waals surface area contributed by atoms with Crippen molar-refractivity contribution in [3.8, 4) is 11.4 Å². The Morgan fingerprint density at radius 2 is 2.10 bits per heavy atom. The lowest BCUT2D eigenvalue weighted by molar-refractivity contribution is -0.274. The van der Waals surface area contributed by atoms with Crippen molar-refractivity contribution in [1.29, 1.82) is 0 Å². The molecule has 0 aliphatic rings. The maximum atomic E-state index is 12.3. The highest BCUT2D eigenvalue weighted by Gasteiger charge is 2.32. The molecule has 0 saturated heterocycles. The number of imidazole rings is 1. The first-order chi connectivity index (χ1) is 9.26. The molecule has 0 bridgehead atoms. The second-order valence-corrected chi connectivity index (χ2v) is 4.55. The third kappa shape index (κ3) is 3.29. The van der Waals surface area contributed by atoms with Crippen LogP contribution in [0.4, 0.5) is 13.2 Å². The summed E-state index contributed by atoms with van der Waals surface area (Å²) in [6, 6.07) is 3.97. The Morgan fingerprint density at radius 3 is 2.65 bits per heavy atom. The van der Waals surface area contributed by atoms with Crippen molar-refractivity contribution in [3.05, 3.63) is 40.9 Å². The molecule has 0 amide bonds. The molecule has 1 heterocycles. The molecule has 0 spiro atoms. The first kappa shape index (κ1) is 14.4. The lowest BCUT2D eigenvalue weighted by Crippen LogP contribution is -2.18. The highest BCUT2D eigenvalue weighted by molar-refractivity contribution is 9.10. The molecule has 9 heteroatoms. The molecule has 5 nitrogen and oxygen atoms in total. The van der Waals surface area contributed by atoms with Crippen LogP contribution in [0.15, 0.2) is 35.2 Å². The van der Waals surface area contributed by atoms with Crippen LogP contribution in [0.5, 0.6) is 5.75 Å². The normalized spacial score (nSPS) is 11.4. The van der Waals surface area contributed by atoms with Crippen LogP contribution < -0.4 is 4.74 Å². The number of rotatable bonds is 3. The number of carboxylic acid groups (broad SMARTS) is 1. The Hall–Kier alpha value is -2.03. The van der Waals surface area contributed by atoms with Gasteiger partial charge in [0.15, 0.2) is 11.4 Å². The van der Waals surface area contributed by atoms with Gasteiger partial charge >= 0.3 is 12.3 Å². The number of benzene rings is 1. The second kappa shape index (κ2) is 5.16. The molecule has 0 aliphatic heterocycles. The molecule has 0 atom stereocenters. The Morgan fingerprint density at radius 1 is 1.40 bits per heavy atom. The third-order valence-corrected chi connectivity index (χ3v) is 2.72. The van der Waals surface area contributed by atoms with E-state index in [0.29, 0.717) is 4.47 Å². The van der Waals surface area contributed by atoms with Crippen LogP contribution in [-0.2, 0) is 0 Å². The minimum atomic E-state index is -4.86. The molecule has 1 N–H and O–H groups in total. The van der Waals surface area contributed by atoms with Crippen LogP contribution in [-0.4, -0.2) is 27.0 Å². The molecule has 1 aromatic carbocycles. The smallest absolute Gasteiger partial charge is 0.476 e. The Kier molecular flexibility index (Phi) is 3.71. The molecular weight excluding hydrogens is 345 g/mol. The molecule has 1 aromatic heterocycles. The number of nitrogens with zero attached hydrogens (tertiary/aromatic N) is 2. The van der Waals surface area contributed by atoms with Crippen molar-refractivity contribution in [2.45, 2.75) is 6.36 Å². The van der Waals surface area contributed by atoms with Crippen molar-refractivity contribution >= 4 is 21.9 Å². The van der Waals surface area contributed by atoms with E-state index < -0.39 is 18.1 Å². The van der Waals surface area contributed by atoms with Gasteiger partial charge in [0.1, 0.15) is 6.33 Å². The molecule has 2 rings (SSSR count). The van der Waals surface area contributed by atoms with Gasteiger partial charge in [-0.05, 0) is 18.2 Å². The summed E-state index contributed by atoms with van der Waals surface area (Å²) in [5, 5.41) is 8.75. The second-order valence-electron chi connectivity index (χ2n) is 3.63. The Balaban J connectivity index is 2.46. The number of alkyl halides is 3. The molecule has 0 aliphatic carbocycles. The van der Waals surface area contributed by atoms with Gasteiger partial charge in [0.05, 0.1) is 5.69 Å². The van der Waals surface area contributed by atoms with E-state index in [4.69, 9.17) is 5.11 Å². The number of ether oxygens (including phenoxy) is 1. The lowest BCUT2D eigenvalue weighted by Gasteiger charge is -2.13. The summed E-state index contributed by atoms with van der Waals surface area (Å²) in [7, 11) is 0. The minimum Gasteiger partial charge on any atom is -0.476 e. The molecule has 0 unspecified atom stereocenters. The quantitative estimate of drug-likeness (QED) is 0.922. The maximum absolute atomic E-state index is 12.3. The lowest BCUT2D eigenvalue weighted by atomic mass is 10.3. The van der Waals surface area contributed by atoms with Crippen molar-refractivity contribution in [2.75, 3.05) is 0 Å². The van der Waals surface area contributed by atoms with Gasteiger partial charge in [0, 0.05) is 10.7 Å². The summed E-state index contributed by atoms with van der Waals surface area (Å²) < 4.78 is 42.5. The molecule has 20 heavy (non-hydrogen) atoms. The first-order valence-electron chi connectivity index (χ1n) is 5.09. The average Bonchev–Trinajstić information content (AvgIpc) is 2.76. The summed E-state index contributed by atoms with van der Waals surface area (Å²) in [4.78, 5) is 14.3. The molecule has 106 valence electrons. The summed E-state index contributed by atoms with van der Waals surface area (Å²) in [5.74, 6) is -1.75. The molecule has 0 saturated carbocycles. The van der Waals surface area contributed by atoms with Crippen LogP contribution in [0.1, 0.15) is 10.5 Å². The van der Waals surface area contributed by atoms with Crippen LogP contribution in [0.3, 0.4) is 0 Å². The third-order valence-electron chi connectivity index (χ3n) is 2.23. The van der Waals surface area contributed by atoms with E-state index in [1.54, 1.807) is 0 Å². The number of carbonyl (C=O) groups is 1. The Bertz CT molecular complexity index is 655. The van der Waals surface area contributed by atoms with Crippen LogP contribution in [0.25, 0.3) is 5.69 Å². The molecule has 0 radical (unpaired) electrons. The van der Waals surface area contributed by atoms with Crippen molar-refractivity contribution in [3.63, 3.8) is 0 Å².